The Morgan fingerprint density at radius 2 is 1.72 bits per heavy atom. The van der Waals surface area contributed by atoms with Crippen LogP contribution in [0.15, 0.2) is 41.8 Å². The minimum atomic E-state index is -0.934. The molecule has 0 radical (unpaired) electrons. The summed E-state index contributed by atoms with van der Waals surface area (Å²) in [7, 11) is 0. The van der Waals surface area contributed by atoms with Crippen LogP contribution in [-0.4, -0.2) is 30.3 Å². The lowest BCUT2D eigenvalue weighted by Crippen LogP contribution is -2.37. The van der Waals surface area contributed by atoms with E-state index in [2.05, 4.69) is 5.32 Å². The zero-order valence-electron chi connectivity index (χ0n) is 14.4. The third kappa shape index (κ3) is 5.00. The fourth-order valence-corrected chi connectivity index (χ4v) is 2.80. The van der Waals surface area contributed by atoms with E-state index in [4.69, 9.17) is 4.74 Å². The first-order valence-electron chi connectivity index (χ1n) is 8.06. The fraction of sp³-hybridized carbons (Fsp3) is 0.316. The molecule has 0 saturated carbocycles. The van der Waals surface area contributed by atoms with Gasteiger partial charge < -0.3 is 10.1 Å². The third-order valence-corrected chi connectivity index (χ3v) is 4.34. The average molecular weight is 359 g/mol. The minimum Gasteiger partial charge on any atom is -0.449 e. The Kier molecular flexibility index (Phi) is 6.47. The summed E-state index contributed by atoms with van der Waals surface area (Å²) in [6, 6.07) is 9.95. The first kappa shape index (κ1) is 18.9. The number of rotatable bonds is 7. The fourth-order valence-electron chi connectivity index (χ4n) is 2.13. The summed E-state index contributed by atoms with van der Waals surface area (Å²) in [5.41, 5.74) is 0.425. The molecule has 0 aliphatic carbocycles. The first-order chi connectivity index (χ1) is 11.9. The summed E-state index contributed by atoms with van der Waals surface area (Å²) in [4.78, 5) is 37.5. The van der Waals surface area contributed by atoms with E-state index in [1.54, 1.807) is 35.7 Å². The highest BCUT2D eigenvalue weighted by Gasteiger charge is 2.23. The lowest BCUT2D eigenvalue weighted by Gasteiger charge is -2.15. The molecule has 1 N–H and O–H groups in total. The van der Waals surface area contributed by atoms with E-state index in [1.807, 2.05) is 13.8 Å². The molecular weight excluding hydrogens is 338 g/mol. The van der Waals surface area contributed by atoms with Crippen LogP contribution in [0.2, 0.25) is 0 Å². The number of benzene rings is 1. The van der Waals surface area contributed by atoms with Gasteiger partial charge in [0.05, 0.1) is 10.4 Å². The molecule has 0 saturated heterocycles. The van der Waals surface area contributed by atoms with Crippen molar-refractivity contribution in [2.75, 3.05) is 6.54 Å². The van der Waals surface area contributed by atoms with Crippen LogP contribution in [-0.2, 0) is 9.53 Å². The molecule has 6 heteroatoms. The summed E-state index contributed by atoms with van der Waals surface area (Å²) in [6.45, 7) is 5.97. The van der Waals surface area contributed by atoms with Crippen LogP contribution in [0, 0.1) is 5.92 Å². The van der Waals surface area contributed by atoms with E-state index in [-0.39, 0.29) is 22.8 Å². The molecule has 5 nitrogen and oxygen atoms in total. The van der Waals surface area contributed by atoms with Crippen molar-refractivity contribution in [3.8, 4) is 0 Å². The predicted molar refractivity (Wildman–Crippen MR) is 96.9 cm³/mol. The topological polar surface area (TPSA) is 72.5 Å². The number of ketones is 1. The molecule has 132 valence electrons. The van der Waals surface area contributed by atoms with Gasteiger partial charge in [0, 0.05) is 12.1 Å². The van der Waals surface area contributed by atoms with Gasteiger partial charge in [0.1, 0.15) is 0 Å². The Hall–Kier alpha value is -2.47. The van der Waals surface area contributed by atoms with Gasteiger partial charge >= 0.3 is 5.97 Å². The van der Waals surface area contributed by atoms with Crippen molar-refractivity contribution < 1.29 is 19.1 Å². The number of carbonyl (C=O) groups is 3. The van der Waals surface area contributed by atoms with Gasteiger partial charge in [-0.05, 0) is 30.4 Å². The molecule has 0 spiro atoms. The van der Waals surface area contributed by atoms with Crippen LogP contribution in [0.4, 0.5) is 0 Å². The maximum Gasteiger partial charge on any atom is 0.339 e. The number of nitrogens with one attached hydrogen (secondary N) is 1. The maximum atomic E-state index is 12.6. The predicted octanol–water partition coefficient (Wildman–Crippen LogP) is 3.30. The second-order valence-corrected chi connectivity index (χ2v) is 6.99. The van der Waals surface area contributed by atoms with Crippen molar-refractivity contribution >= 4 is 29.0 Å². The van der Waals surface area contributed by atoms with Crippen molar-refractivity contribution in [3.05, 3.63) is 57.8 Å². The molecule has 0 aliphatic heterocycles. The first-order valence-corrected chi connectivity index (χ1v) is 8.94. The van der Waals surface area contributed by atoms with Gasteiger partial charge in [-0.1, -0.05) is 38.1 Å². The Morgan fingerprint density at radius 3 is 2.32 bits per heavy atom. The third-order valence-electron chi connectivity index (χ3n) is 3.47. The summed E-state index contributed by atoms with van der Waals surface area (Å²) in [5, 5.41) is 4.52. The van der Waals surface area contributed by atoms with Crippen LogP contribution >= 0.6 is 11.3 Å². The number of hydrogen-bond acceptors (Lipinski definition) is 5. The van der Waals surface area contributed by atoms with Gasteiger partial charge in [0.15, 0.2) is 6.10 Å². The molecule has 0 fully saturated rings. The number of hydrogen-bond donors (Lipinski definition) is 1. The zero-order chi connectivity index (χ0) is 18.4. The molecule has 1 aromatic carbocycles. The van der Waals surface area contributed by atoms with Crippen molar-refractivity contribution in [2.24, 2.45) is 5.92 Å². The van der Waals surface area contributed by atoms with Crippen LogP contribution in [0.5, 0.6) is 0 Å². The molecule has 1 amide bonds. The van der Waals surface area contributed by atoms with E-state index in [0.717, 1.165) is 0 Å². The van der Waals surface area contributed by atoms with Gasteiger partial charge in [-0.3, -0.25) is 9.59 Å². The maximum absolute atomic E-state index is 12.6. The minimum absolute atomic E-state index is 0.157. The van der Waals surface area contributed by atoms with Crippen molar-refractivity contribution in [1.29, 1.82) is 0 Å². The number of thiophene rings is 1. The largest absolute Gasteiger partial charge is 0.449 e. The van der Waals surface area contributed by atoms with E-state index in [0.29, 0.717) is 17.3 Å². The Labute approximate surface area is 151 Å². The number of esters is 1. The van der Waals surface area contributed by atoms with Crippen LogP contribution in [0.1, 0.15) is 46.4 Å². The molecule has 0 bridgehead atoms. The Balaban J connectivity index is 2.12. The van der Waals surface area contributed by atoms with Gasteiger partial charge in [0.25, 0.3) is 5.91 Å². The van der Waals surface area contributed by atoms with Gasteiger partial charge in [0.2, 0.25) is 5.78 Å². The van der Waals surface area contributed by atoms with Gasteiger partial charge in [-0.25, -0.2) is 4.79 Å². The molecule has 1 aromatic heterocycles. The monoisotopic (exact) mass is 359 g/mol. The highest BCUT2D eigenvalue weighted by atomic mass is 32.1. The molecule has 2 aromatic rings. The molecule has 0 unspecified atom stereocenters. The average Bonchev–Trinajstić information content (AvgIpc) is 3.13. The highest BCUT2D eigenvalue weighted by molar-refractivity contribution is 7.12. The Bertz CT molecular complexity index is 753. The highest BCUT2D eigenvalue weighted by Crippen LogP contribution is 2.19. The van der Waals surface area contributed by atoms with Crippen molar-refractivity contribution in [1.82, 2.24) is 5.32 Å². The zero-order valence-corrected chi connectivity index (χ0v) is 15.3. The second-order valence-electron chi connectivity index (χ2n) is 6.04. The molecule has 1 atom stereocenters. The second kappa shape index (κ2) is 8.58. The molecular formula is C19H21NO4S. The van der Waals surface area contributed by atoms with Crippen LogP contribution < -0.4 is 5.32 Å². The molecule has 25 heavy (non-hydrogen) atoms. The van der Waals surface area contributed by atoms with E-state index < -0.39 is 12.1 Å². The molecule has 1 heterocycles. The summed E-state index contributed by atoms with van der Waals surface area (Å²) < 4.78 is 5.24. The normalized spacial score (nSPS) is 11.8. The van der Waals surface area contributed by atoms with Crippen molar-refractivity contribution in [3.63, 3.8) is 0 Å². The Morgan fingerprint density at radius 1 is 1.04 bits per heavy atom. The van der Waals surface area contributed by atoms with Crippen LogP contribution in [0.25, 0.3) is 0 Å². The number of ether oxygens (including phenoxy) is 1. The van der Waals surface area contributed by atoms with Crippen LogP contribution in [0.3, 0.4) is 0 Å². The molecule has 2 rings (SSSR count). The molecule has 0 aliphatic rings. The summed E-state index contributed by atoms with van der Waals surface area (Å²) in [6.07, 6.45) is -0.934. The standard InChI is InChI=1S/C19H21NO4S/c1-12(2)11-20-18(22)13(3)24-19(23)15-8-5-4-7-14(15)17(21)16-9-6-10-25-16/h4-10,12-13H,11H2,1-3H3,(H,20,22)/t13-/m1/s1. The number of carbonyl (C=O) groups excluding carboxylic acids is 3. The SMILES string of the molecule is CC(C)CNC(=O)[C@@H](C)OC(=O)c1ccccc1C(=O)c1cccs1. The lowest BCUT2D eigenvalue weighted by molar-refractivity contribution is -0.129. The van der Waals surface area contributed by atoms with E-state index >= 15 is 0 Å². The van der Waals surface area contributed by atoms with Gasteiger partial charge in [-0.15, -0.1) is 11.3 Å². The van der Waals surface area contributed by atoms with Crippen molar-refractivity contribution in [2.45, 2.75) is 26.9 Å². The van der Waals surface area contributed by atoms with E-state index in [9.17, 15) is 14.4 Å². The van der Waals surface area contributed by atoms with Gasteiger partial charge in [-0.2, -0.15) is 0 Å². The number of amides is 1. The summed E-state index contributed by atoms with van der Waals surface area (Å²) >= 11 is 1.31. The smallest absolute Gasteiger partial charge is 0.339 e. The quantitative estimate of drug-likeness (QED) is 0.608. The summed E-state index contributed by atoms with van der Waals surface area (Å²) in [5.74, 6) is -0.979. The van der Waals surface area contributed by atoms with E-state index in [1.165, 1.54) is 24.3 Å². The lowest BCUT2D eigenvalue weighted by atomic mass is 10.0.